The largest absolute Gasteiger partial charge is 0.476 e. The summed E-state index contributed by atoms with van der Waals surface area (Å²) in [5, 5.41) is 20.8. The van der Waals surface area contributed by atoms with Crippen LogP contribution < -0.4 is 5.32 Å². The molecule has 0 unspecified atom stereocenters. The lowest BCUT2D eigenvalue weighted by Gasteiger charge is -2.17. The van der Waals surface area contributed by atoms with E-state index in [1.807, 2.05) is 0 Å². The minimum absolute atomic E-state index is 0.108. The Hall–Kier alpha value is -1.69. The maximum absolute atomic E-state index is 10.5. The molecular formula is C9H13N3O3. The molecule has 0 radical (unpaired) electrons. The molecule has 0 amide bonds. The number of hydrogen-bond donors (Lipinski definition) is 3. The fourth-order valence-electron chi connectivity index (χ4n) is 0.837. The number of aliphatic hydroxyl groups is 1. The summed E-state index contributed by atoms with van der Waals surface area (Å²) in [5.41, 5.74) is -0.962. The topological polar surface area (TPSA) is 95.3 Å². The number of carboxylic acids is 1. The van der Waals surface area contributed by atoms with Crippen LogP contribution in [0.2, 0.25) is 0 Å². The smallest absolute Gasteiger partial charge is 0.356 e. The molecule has 0 fully saturated rings. The molecule has 1 aromatic rings. The molecule has 0 spiro atoms. The van der Waals surface area contributed by atoms with Gasteiger partial charge in [0.15, 0.2) is 5.69 Å². The fourth-order valence-corrected chi connectivity index (χ4v) is 0.837. The summed E-state index contributed by atoms with van der Waals surface area (Å²) < 4.78 is 0. The van der Waals surface area contributed by atoms with Crippen LogP contribution in [0.1, 0.15) is 24.3 Å². The number of nitrogens with zero attached hydrogens (tertiary/aromatic N) is 2. The highest BCUT2D eigenvalue weighted by Crippen LogP contribution is 2.05. The number of nitrogens with one attached hydrogen (secondary N) is 1. The molecule has 1 rings (SSSR count). The number of aromatic carboxylic acids is 1. The summed E-state index contributed by atoms with van der Waals surface area (Å²) in [7, 11) is 0. The summed E-state index contributed by atoms with van der Waals surface area (Å²) in [4.78, 5) is 18.0. The molecule has 1 aromatic heterocycles. The minimum Gasteiger partial charge on any atom is -0.476 e. The molecule has 0 bridgehead atoms. The molecule has 6 heteroatoms. The highest BCUT2D eigenvalue weighted by Gasteiger charge is 2.12. The molecule has 0 saturated carbocycles. The SMILES string of the molecule is CC(C)(O)CNc1cnc(C(=O)O)cn1. The van der Waals surface area contributed by atoms with Crippen molar-refractivity contribution in [2.45, 2.75) is 19.4 Å². The van der Waals surface area contributed by atoms with Crippen molar-refractivity contribution in [3.8, 4) is 0 Å². The van der Waals surface area contributed by atoms with Gasteiger partial charge in [-0.05, 0) is 13.8 Å². The molecule has 1 heterocycles. The van der Waals surface area contributed by atoms with Crippen LogP contribution in [-0.4, -0.2) is 38.3 Å². The van der Waals surface area contributed by atoms with E-state index in [9.17, 15) is 9.90 Å². The van der Waals surface area contributed by atoms with E-state index < -0.39 is 11.6 Å². The van der Waals surface area contributed by atoms with Crippen molar-refractivity contribution in [2.24, 2.45) is 0 Å². The highest BCUT2D eigenvalue weighted by atomic mass is 16.4. The van der Waals surface area contributed by atoms with Crippen LogP contribution in [-0.2, 0) is 0 Å². The Bertz CT molecular complexity index is 343. The first-order valence-electron chi connectivity index (χ1n) is 4.40. The average molecular weight is 211 g/mol. The van der Waals surface area contributed by atoms with Gasteiger partial charge in [0.2, 0.25) is 0 Å². The van der Waals surface area contributed by atoms with Crippen LogP contribution in [0.15, 0.2) is 12.4 Å². The van der Waals surface area contributed by atoms with Gasteiger partial charge < -0.3 is 15.5 Å². The molecule has 0 aliphatic rings. The molecule has 0 aromatic carbocycles. The predicted molar refractivity (Wildman–Crippen MR) is 53.8 cm³/mol. The molecule has 0 saturated heterocycles. The third kappa shape index (κ3) is 3.90. The zero-order chi connectivity index (χ0) is 11.5. The van der Waals surface area contributed by atoms with Crippen molar-refractivity contribution < 1.29 is 15.0 Å². The van der Waals surface area contributed by atoms with Crippen LogP contribution in [0.25, 0.3) is 0 Å². The van der Waals surface area contributed by atoms with Crippen molar-refractivity contribution in [3.05, 3.63) is 18.1 Å². The Balaban J connectivity index is 2.61. The van der Waals surface area contributed by atoms with E-state index in [0.29, 0.717) is 12.4 Å². The zero-order valence-electron chi connectivity index (χ0n) is 8.56. The van der Waals surface area contributed by atoms with E-state index in [2.05, 4.69) is 15.3 Å². The van der Waals surface area contributed by atoms with Crippen LogP contribution in [0.4, 0.5) is 5.82 Å². The quantitative estimate of drug-likeness (QED) is 0.665. The van der Waals surface area contributed by atoms with Gasteiger partial charge in [0.25, 0.3) is 0 Å². The number of hydrogen-bond acceptors (Lipinski definition) is 5. The Labute approximate surface area is 87.0 Å². The van der Waals surface area contributed by atoms with Gasteiger partial charge in [-0.1, -0.05) is 0 Å². The minimum atomic E-state index is -1.11. The van der Waals surface area contributed by atoms with Gasteiger partial charge in [0.05, 0.1) is 18.0 Å². The fraction of sp³-hybridized carbons (Fsp3) is 0.444. The van der Waals surface area contributed by atoms with Crippen LogP contribution in [0.5, 0.6) is 0 Å². The molecule has 6 nitrogen and oxygen atoms in total. The Morgan fingerprint density at radius 3 is 2.53 bits per heavy atom. The maximum atomic E-state index is 10.5. The Morgan fingerprint density at radius 2 is 2.13 bits per heavy atom. The molecule has 0 atom stereocenters. The predicted octanol–water partition coefficient (Wildman–Crippen LogP) is 0.358. The lowest BCUT2D eigenvalue weighted by molar-refractivity contribution is 0.0689. The van der Waals surface area contributed by atoms with Crippen molar-refractivity contribution in [2.75, 3.05) is 11.9 Å². The number of carboxylic acid groups (broad SMARTS) is 1. The van der Waals surface area contributed by atoms with E-state index in [0.717, 1.165) is 6.20 Å². The number of anilines is 1. The second-order valence-corrected chi connectivity index (χ2v) is 3.76. The van der Waals surface area contributed by atoms with Gasteiger partial charge >= 0.3 is 5.97 Å². The number of carbonyl (C=O) groups is 1. The summed E-state index contributed by atoms with van der Waals surface area (Å²) in [6.07, 6.45) is 2.48. The third-order valence-electron chi connectivity index (χ3n) is 1.57. The highest BCUT2D eigenvalue weighted by molar-refractivity contribution is 5.84. The third-order valence-corrected chi connectivity index (χ3v) is 1.57. The van der Waals surface area contributed by atoms with Gasteiger partial charge in [-0.3, -0.25) is 0 Å². The summed E-state index contributed by atoms with van der Waals surface area (Å²) in [5.74, 6) is -0.682. The normalized spacial score (nSPS) is 11.1. The van der Waals surface area contributed by atoms with Gasteiger partial charge in [-0.15, -0.1) is 0 Å². The van der Waals surface area contributed by atoms with Gasteiger partial charge in [-0.25, -0.2) is 14.8 Å². The van der Waals surface area contributed by atoms with Crippen LogP contribution >= 0.6 is 0 Å². The second-order valence-electron chi connectivity index (χ2n) is 3.76. The van der Waals surface area contributed by atoms with Crippen molar-refractivity contribution in [3.63, 3.8) is 0 Å². The standard InChI is InChI=1S/C9H13N3O3/c1-9(2,15)5-12-7-4-10-6(3-11-7)8(13)14/h3-4,15H,5H2,1-2H3,(H,11,12)(H,13,14). The van der Waals surface area contributed by atoms with Gasteiger partial charge in [0.1, 0.15) is 5.82 Å². The number of rotatable bonds is 4. The first-order chi connectivity index (χ1) is 6.88. The van der Waals surface area contributed by atoms with E-state index in [-0.39, 0.29) is 5.69 Å². The van der Waals surface area contributed by atoms with Crippen LogP contribution in [0, 0.1) is 0 Å². The van der Waals surface area contributed by atoms with Gasteiger partial charge in [-0.2, -0.15) is 0 Å². The van der Waals surface area contributed by atoms with E-state index >= 15 is 0 Å². The molecule has 0 aliphatic carbocycles. The van der Waals surface area contributed by atoms with Crippen LogP contribution in [0.3, 0.4) is 0 Å². The van der Waals surface area contributed by atoms with Crippen molar-refractivity contribution in [1.82, 2.24) is 9.97 Å². The monoisotopic (exact) mass is 211 g/mol. The van der Waals surface area contributed by atoms with Crippen molar-refractivity contribution >= 4 is 11.8 Å². The molecule has 15 heavy (non-hydrogen) atoms. The first kappa shape index (κ1) is 11.4. The molecule has 82 valence electrons. The van der Waals surface area contributed by atoms with Gasteiger partial charge in [0, 0.05) is 6.54 Å². The Morgan fingerprint density at radius 1 is 1.47 bits per heavy atom. The first-order valence-corrected chi connectivity index (χ1v) is 4.40. The number of aromatic nitrogens is 2. The lowest BCUT2D eigenvalue weighted by atomic mass is 10.1. The summed E-state index contributed by atoms with van der Waals surface area (Å²) >= 11 is 0. The zero-order valence-corrected chi connectivity index (χ0v) is 8.56. The molecule has 0 aliphatic heterocycles. The van der Waals surface area contributed by atoms with Crippen molar-refractivity contribution in [1.29, 1.82) is 0 Å². The Kier molecular flexibility index (Phi) is 3.21. The second kappa shape index (κ2) is 4.22. The lowest BCUT2D eigenvalue weighted by Crippen LogP contribution is -2.29. The van der Waals surface area contributed by atoms with E-state index in [4.69, 9.17) is 5.11 Å². The summed E-state index contributed by atoms with van der Waals surface area (Å²) in [6, 6.07) is 0. The maximum Gasteiger partial charge on any atom is 0.356 e. The average Bonchev–Trinajstić information content (AvgIpc) is 2.14. The summed E-state index contributed by atoms with van der Waals surface area (Å²) in [6.45, 7) is 3.62. The van der Waals surface area contributed by atoms with E-state index in [1.54, 1.807) is 13.8 Å². The molecular weight excluding hydrogens is 198 g/mol. The molecule has 3 N–H and O–H groups in total. The van der Waals surface area contributed by atoms with E-state index in [1.165, 1.54) is 6.20 Å².